The first kappa shape index (κ1) is 27.6. The number of aryl methyl sites for hydroxylation is 2. The molecular formula is C38H31N7O. The Bertz CT molecular complexity index is 2310. The minimum absolute atomic E-state index is 0.516. The van der Waals surface area contributed by atoms with E-state index in [1.165, 1.54) is 5.56 Å². The summed E-state index contributed by atoms with van der Waals surface area (Å²) in [6.07, 6.45) is 5.50. The third kappa shape index (κ3) is 4.94. The van der Waals surface area contributed by atoms with E-state index in [2.05, 4.69) is 94.4 Å². The molecule has 4 aromatic carbocycles. The number of rotatable bonds is 8. The average Bonchev–Trinajstić information content (AvgIpc) is 3.76. The van der Waals surface area contributed by atoms with Gasteiger partial charge in [-0.2, -0.15) is 0 Å². The molecule has 0 saturated heterocycles. The normalized spacial score (nSPS) is 11.5. The molecule has 8 heteroatoms. The number of imidazole rings is 1. The molecular weight excluding hydrogens is 570 g/mol. The lowest BCUT2D eigenvalue weighted by molar-refractivity contribution is 0.584. The summed E-state index contributed by atoms with van der Waals surface area (Å²) in [6, 6.07) is 35.0. The molecule has 8 aromatic rings. The Kier molecular flexibility index (Phi) is 6.94. The topological polar surface area (TPSA) is 85.8 Å². The van der Waals surface area contributed by atoms with Crippen molar-refractivity contribution in [3.63, 3.8) is 0 Å². The Balaban J connectivity index is 1.12. The van der Waals surface area contributed by atoms with Gasteiger partial charge in [-0.3, -0.25) is 9.97 Å². The molecule has 0 saturated carbocycles. The van der Waals surface area contributed by atoms with Crippen LogP contribution in [0.5, 0.6) is 0 Å². The van der Waals surface area contributed by atoms with Crippen LogP contribution in [-0.2, 0) is 13.0 Å². The first-order valence-electron chi connectivity index (χ1n) is 15.4. The smallest absolute Gasteiger partial charge is 0.248 e. The van der Waals surface area contributed by atoms with E-state index in [1.54, 1.807) is 0 Å². The maximum Gasteiger partial charge on any atom is 0.248 e. The van der Waals surface area contributed by atoms with E-state index in [0.717, 1.165) is 80.4 Å². The average molecular weight is 602 g/mol. The molecule has 0 fully saturated rings. The maximum absolute atomic E-state index is 5.96. The fraction of sp³-hybridized carbons (Fsp3) is 0.132. The molecule has 0 radical (unpaired) electrons. The number of pyridine rings is 2. The van der Waals surface area contributed by atoms with E-state index in [0.29, 0.717) is 11.8 Å². The van der Waals surface area contributed by atoms with E-state index in [9.17, 15) is 0 Å². The molecule has 8 rings (SSSR count). The monoisotopic (exact) mass is 601 g/mol. The van der Waals surface area contributed by atoms with Crippen molar-refractivity contribution in [2.75, 3.05) is 19.0 Å². The molecule has 0 aliphatic heterocycles. The number of hydrogen-bond acceptors (Lipinski definition) is 7. The van der Waals surface area contributed by atoms with E-state index in [4.69, 9.17) is 19.4 Å². The van der Waals surface area contributed by atoms with Crippen molar-refractivity contribution < 1.29 is 4.42 Å². The zero-order chi connectivity index (χ0) is 31.0. The second-order valence-electron chi connectivity index (χ2n) is 11.6. The SMILES string of the molecule is CN(C)c1ccc(-c2nc3c4cccnc4c4ncccc4c3n2CCCc2ccc(-c3nnc(-c4ccccc4)o3)cc2)cc1. The van der Waals surface area contributed by atoms with Gasteiger partial charge in [-0.05, 0) is 91.2 Å². The van der Waals surface area contributed by atoms with Gasteiger partial charge in [-0.1, -0.05) is 30.3 Å². The van der Waals surface area contributed by atoms with Gasteiger partial charge in [0.1, 0.15) is 5.82 Å². The summed E-state index contributed by atoms with van der Waals surface area (Å²) in [5, 5.41) is 10.6. The molecule has 4 heterocycles. The van der Waals surface area contributed by atoms with Crippen LogP contribution in [0.25, 0.3) is 67.1 Å². The van der Waals surface area contributed by atoms with Gasteiger partial charge in [-0.25, -0.2) is 4.98 Å². The van der Waals surface area contributed by atoms with Crippen LogP contribution in [0.3, 0.4) is 0 Å². The highest BCUT2D eigenvalue weighted by molar-refractivity contribution is 6.21. The largest absolute Gasteiger partial charge is 0.416 e. The highest BCUT2D eigenvalue weighted by Crippen LogP contribution is 2.36. The number of hydrogen-bond donors (Lipinski definition) is 0. The quantitative estimate of drug-likeness (QED) is 0.162. The first-order valence-corrected chi connectivity index (χ1v) is 15.4. The maximum atomic E-state index is 5.96. The van der Waals surface area contributed by atoms with Crippen LogP contribution >= 0.6 is 0 Å². The van der Waals surface area contributed by atoms with Crippen molar-refractivity contribution in [1.29, 1.82) is 0 Å². The zero-order valence-electron chi connectivity index (χ0n) is 25.6. The van der Waals surface area contributed by atoms with E-state index < -0.39 is 0 Å². The molecule has 0 spiro atoms. The molecule has 224 valence electrons. The molecule has 46 heavy (non-hydrogen) atoms. The Morgan fingerprint density at radius 2 is 1.26 bits per heavy atom. The number of fused-ring (bicyclic) bond motifs is 6. The van der Waals surface area contributed by atoms with Gasteiger partial charge >= 0.3 is 0 Å². The summed E-state index contributed by atoms with van der Waals surface area (Å²) < 4.78 is 8.33. The first-order chi connectivity index (χ1) is 22.6. The minimum Gasteiger partial charge on any atom is -0.416 e. The van der Waals surface area contributed by atoms with Gasteiger partial charge in [0.05, 0.1) is 22.1 Å². The molecule has 4 aromatic heterocycles. The molecule has 0 unspecified atom stereocenters. The van der Waals surface area contributed by atoms with Crippen molar-refractivity contribution in [2.24, 2.45) is 0 Å². The predicted octanol–water partition coefficient (Wildman–Crippen LogP) is 8.22. The zero-order valence-corrected chi connectivity index (χ0v) is 25.6. The summed E-state index contributed by atoms with van der Waals surface area (Å²) >= 11 is 0. The Labute approximate surface area is 266 Å². The van der Waals surface area contributed by atoms with Crippen molar-refractivity contribution in [1.82, 2.24) is 29.7 Å². The number of aromatic nitrogens is 6. The molecule has 0 atom stereocenters. The molecule has 8 nitrogen and oxygen atoms in total. The summed E-state index contributed by atoms with van der Waals surface area (Å²) in [7, 11) is 4.11. The summed E-state index contributed by atoms with van der Waals surface area (Å²) in [6.45, 7) is 0.795. The summed E-state index contributed by atoms with van der Waals surface area (Å²) in [5.41, 5.74) is 9.10. The second kappa shape index (κ2) is 11.6. The Morgan fingerprint density at radius 3 is 1.96 bits per heavy atom. The highest BCUT2D eigenvalue weighted by Gasteiger charge is 2.20. The van der Waals surface area contributed by atoms with Crippen molar-refractivity contribution in [3.8, 4) is 34.3 Å². The van der Waals surface area contributed by atoms with Crippen LogP contribution < -0.4 is 4.90 Å². The van der Waals surface area contributed by atoms with Crippen LogP contribution in [0.4, 0.5) is 5.69 Å². The van der Waals surface area contributed by atoms with Crippen molar-refractivity contribution in [3.05, 3.63) is 121 Å². The lowest BCUT2D eigenvalue weighted by atomic mass is 10.1. The van der Waals surface area contributed by atoms with Gasteiger partial charge in [0, 0.05) is 66.2 Å². The van der Waals surface area contributed by atoms with Gasteiger partial charge in [0.25, 0.3) is 0 Å². The van der Waals surface area contributed by atoms with E-state index in [1.807, 2.05) is 54.9 Å². The van der Waals surface area contributed by atoms with Crippen molar-refractivity contribution in [2.45, 2.75) is 19.4 Å². The van der Waals surface area contributed by atoms with Crippen LogP contribution in [-0.4, -0.2) is 43.8 Å². The van der Waals surface area contributed by atoms with Crippen LogP contribution in [0.15, 0.2) is 120 Å². The number of anilines is 1. The molecule has 0 N–H and O–H groups in total. The molecule has 0 aliphatic rings. The Hall–Kier alpha value is -5.89. The number of nitrogens with zero attached hydrogens (tertiary/aromatic N) is 7. The van der Waals surface area contributed by atoms with Crippen LogP contribution in [0.1, 0.15) is 12.0 Å². The molecule has 0 bridgehead atoms. The van der Waals surface area contributed by atoms with Crippen LogP contribution in [0.2, 0.25) is 0 Å². The van der Waals surface area contributed by atoms with Gasteiger partial charge in [0.2, 0.25) is 11.8 Å². The highest BCUT2D eigenvalue weighted by atomic mass is 16.4. The summed E-state index contributed by atoms with van der Waals surface area (Å²) in [5.74, 6) is 1.98. The Morgan fingerprint density at radius 1 is 0.630 bits per heavy atom. The lowest BCUT2D eigenvalue weighted by Crippen LogP contribution is -2.08. The van der Waals surface area contributed by atoms with E-state index >= 15 is 0 Å². The van der Waals surface area contributed by atoms with Gasteiger partial charge in [-0.15, -0.1) is 10.2 Å². The van der Waals surface area contributed by atoms with Crippen molar-refractivity contribution >= 4 is 38.5 Å². The summed E-state index contributed by atoms with van der Waals surface area (Å²) in [4.78, 5) is 16.9. The van der Waals surface area contributed by atoms with Gasteiger partial charge < -0.3 is 13.9 Å². The van der Waals surface area contributed by atoms with E-state index in [-0.39, 0.29) is 0 Å². The number of benzene rings is 4. The second-order valence-corrected chi connectivity index (χ2v) is 11.6. The van der Waals surface area contributed by atoms with Crippen LogP contribution in [0, 0.1) is 0 Å². The fourth-order valence-corrected chi connectivity index (χ4v) is 6.12. The molecule has 0 aliphatic carbocycles. The van der Waals surface area contributed by atoms with Gasteiger partial charge in [0.15, 0.2) is 0 Å². The third-order valence-corrected chi connectivity index (χ3v) is 8.45. The third-order valence-electron chi connectivity index (χ3n) is 8.45. The lowest BCUT2D eigenvalue weighted by Gasteiger charge is -2.14. The predicted molar refractivity (Wildman–Crippen MR) is 184 cm³/mol. The molecule has 0 amide bonds. The fourth-order valence-electron chi connectivity index (χ4n) is 6.12. The minimum atomic E-state index is 0.516. The standard InChI is InChI=1S/C38H31N7O/c1-44(2)29-20-18-26(19-21-29)36-41-34-30-12-6-22-39-32(30)33-31(13-7-23-40-33)35(34)45(36)24-8-9-25-14-16-28(17-15-25)38-43-42-37(46-38)27-10-4-3-5-11-27/h3-7,10-23H,8-9,24H2,1-2H3.